The molecular formula is C10H16N4O5. The molecule has 9 heteroatoms. The highest BCUT2D eigenvalue weighted by molar-refractivity contribution is 5.84. The van der Waals surface area contributed by atoms with Crippen molar-refractivity contribution in [3.63, 3.8) is 0 Å². The van der Waals surface area contributed by atoms with Crippen molar-refractivity contribution in [3.05, 3.63) is 11.9 Å². The second-order valence-electron chi connectivity index (χ2n) is 3.70. The summed E-state index contributed by atoms with van der Waals surface area (Å²) < 4.78 is 6.01. The fraction of sp³-hybridized carbons (Fsp3) is 0.600. The summed E-state index contributed by atoms with van der Waals surface area (Å²) >= 11 is 0. The van der Waals surface area contributed by atoms with Gasteiger partial charge in [-0.25, -0.2) is 9.48 Å². The fourth-order valence-corrected chi connectivity index (χ4v) is 1.40. The first-order chi connectivity index (χ1) is 9.08. The Kier molecular flexibility index (Phi) is 5.90. The van der Waals surface area contributed by atoms with Crippen LogP contribution in [0.2, 0.25) is 0 Å². The molecule has 1 rings (SSSR count). The van der Waals surface area contributed by atoms with Gasteiger partial charge in [-0.15, -0.1) is 5.10 Å². The zero-order valence-corrected chi connectivity index (χ0v) is 10.5. The van der Waals surface area contributed by atoms with Gasteiger partial charge in [-0.3, -0.25) is 4.79 Å². The second-order valence-corrected chi connectivity index (χ2v) is 3.70. The highest BCUT2D eigenvalue weighted by Gasteiger charge is 2.15. The van der Waals surface area contributed by atoms with Gasteiger partial charge >= 0.3 is 5.97 Å². The number of aromatic nitrogens is 3. The standard InChI is InChI=1S/C10H16N4O5/c1-19-5-3-13(2-4-15)9(16)7-14-6-8(10(17)18)11-12-14/h6,15H,2-5,7H2,1H3,(H,17,18). The maximum absolute atomic E-state index is 11.9. The van der Waals surface area contributed by atoms with E-state index in [1.807, 2.05) is 0 Å². The predicted octanol–water partition coefficient (Wildman–Crippen LogP) is -1.56. The largest absolute Gasteiger partial charge is 0.476 e. The van der Waals surface area contributed by atoms with Gasteiger partial charge in [-0.1, -0.05) is 5.21 Å². The smallest absolute Gasteiger partial charge is 0.358 e. The van der Waals surface area contributed by atoms with E-state index in [9.17, 15) is 9.59 Å². The predicted molar refractivity (Wildman–Crippen MR) is 62.5 cm³/mol. The maximum atomic E-state index is 11.9. The molecule has 0 bridgehead atoms. The topological polar surface area (TPSA) is 118 Å². The summed E-state index contributed by atoms with van der Waals surface area (Å²) in [5.74, 6) is -1.50. The van der Waals surface area contributed by atoms with E-state index in [4.69, 9.17) is 14.9 Å². The molecule has 0 saturated carbocycles. The third-order valence-corrected chi connectivity index (χ3v) is 2.34. The Labute approximate surface area is 109 Å². The number of hydrogen-bond acceptors (Lipinski definition) is 6. The lowest BCUT2D eigenvalue weighted by Crippen LogP contribution is -2.38. The molecule has 0 aliphatic rings. The number of nitrogens with zero attached hydrogens (tertiary/aromatic N) is 4. The molecule has 0 fully saturated rings. The van der Waals surface area contributed by atoms with Crippen LogP contribution in [0.5, 0.6) is 0 Å². The maximum Gasteiger partial charge on any atom is 0.358 e. The Morgan fingerprint density at radius 2 is 2.21 bits per heavy atom. The first kappa shape index (κ1) is 15.1. The summed E-state index contributed by atoms with van der Waals surface area (Å²) in [5, 5.41) is 24.5. The molecule has 1 heterocycles. The third-order valence-electron chi connectivity index (χ3n) is 2.34. The number of aliphatic hydroxyl groups excluding tert-OH is 1. The van der Waals surface area contributed by atoms with E-state index in [1.165, 1.54) is 18.2 Å². The normalized spacial score (nSPS) is 10.4. The average molecular weight is 272 g/mol. The number of amides is 1. The molecule has 9 nitrogen and oxygen atoms in total. The summed E-state index contributed by atoms with van der Waals surface area (Å²) in [4.78, 5) is 23.9. The van der Waals surface area contributed by atoms with E-state index in [2.05, 4.69) is 10.3 Å². The molecule has 0 radical (unpaired) electrons. The van der Waals surface area contributed by atoms with Crippen LogP contribution >= 0.6 is 0 Å². The van der Waals surface area contributed by atoms with Crippen LogP contribution in [-0.4, -0.2) is 75.4 Å². The lowest BCUT2D eigenvalue weighted by atomic mass is 10.4. The van der Waals surface area contributed by atoms with E-state index in [-0.39, 0.29) is 31.3 Å². The quantitative estimate of drug-likeness (QED) is 0.587. The van der Waals surface area contributed by atoms with Gasteiger partial charge < -0.3 is 19.8 Å². The number of aromatic carboxylic acids is 1. The zero-order valence-electron chi connectivity index (χ0n) is 10.5. The van der Waals surface area contributed by atoms with Crippen LogP contribution in [-0.2, 0) is 16.1 Å². The number of carbonyl (C=O) groups is 2. The third kappa shape index (κ3) is 4.64. The minimum atomic E-state index is -1.20. The monoisotopic (exact) mass is 272 g/mol. The Bertz CT molecular complexity index is 433. The van der Waals surface area contributed by atoms with Crippen molar-refractivity contribution in [3.8, 4) is 0 Å². The van der Waals surface area contributed by atoms with Crippen molar-refractivity contribution in [1.82, 2.24) is 19.9 Å². The zero-order chi connectivity index (χ0) is 14.3. The van der Waals surface area contributed by atoms with Crippen LogP contribution in [0.1, 0.15) is 10.5 Å². The van der Waals surface area contributed by atoms with Crippen molar-refractivity contribution in [2.45, 2.75) is 6.54 Å². The van der Waals surface area contributed by atoms with Crippen LogP contribution < -0.4 is 0 Å². The van der Waals surface area contributed by atoms with Gasteiger partial charge in [0.05, 0.1) is 19.4 Å². The fourth-order valence-electron chi connectivity index (χ4n) is 1.40. The summed E-state index contributed by atoms with van der Waals surface area (Å²) in [6.45, 7) is 0.583. The van der Waals surface area contributed by atoms with Gasteiger partial charge in [0.2, 0.25) is 5.91 Å². The Hall–Kier alpha value is -2.00. The SMILES string of the molecule is COCCN(CCO)C(=O)Cn1cc(C(=O)O)nn1. The molecular weight excluding hydrogens is 256 g/mol. The van der Waals surface area contributed by atoms with E-state index in [1.54, 1.807) is 0 Å². The van der Waals surface area contributed by atoms with Gasteiger partial charge in [-0.05, 0) is 0 Å². The first-order valence-electron chi connectivity index (χ1n) is 5.59. The molecule has 0 atom stereocenters. The van der Waals surface area contributed by atoms with Crippen LogP contribution in [0.4, 0.5) is 0 Å². The molecule has 1 amide bonds. The number of carbonyl (C=O) groups excluding carboxylic acids is 1. The van der Waals surface area contributed by atoms with Gasteiger partial charge in [0.25, 0.3) is 0 Å². The molecule has 2 N–H and O–H groups in total. The number of ether oxygens (including phenoxy) is 1. The van der Waals surface area contributed by atoms with Gasteiger partial charge in [0.1, 0.15) is 6.54 Å². The lowest BCUT2D eigenvalue weighted by molar-refractivity contribution is -0.133. The van der Waals surface area contributed by atoms with Crippen LogP contribution in [0.15, 0.2) is 6.20 Å². The van der Waals surface area contributed by atoms with Crippen molar-refractivity contribution in [1.29, 1.82) is 0 Å². The number of methoxy groups -OCH3 is 1. The Morgan fingerprint density at radius 1 is 1.47 bits per heavy atom. The van der Waals surface area contributed by atoms with Crippen LogP contribution in [0.3, 0.4) is 0 Å². The summed E-state index contributed by atoms with van der Waals surface area (Å²) in [6.07, 6.45) is 1.17. The van der Waals surface area contributed by atoms with Crippen molar-refractivity contribution >= 4 is 11.9 Å². The molecule has 0 aromatic carbocycles. The summed E-state index contributed by atoms with van der Waals surface area (Å²) in [7, 11) is 1.51. The van der Waals surface area contributed by atoms with Gasteiger partial charge in [0.15, 0.2) is 5.69 Å². The van der Waals surface area contributed by atoms with Gasteiger partial charge in [0, 0.05) is 20.2 Å². The molecule has 0 aliphatic heterocycles. The van der Waals surface area contributed by atoms with Crippen molar-refractivity contribution in [2.75, 3.05) is 33.4 Å². The summed E-state index contributed by atoms with van der Waals surface area (Å²) in [6, 6.07) is 0. The number of hydrogen-bond donors (Lipinski definition) is 2. The van der Waals surface area contributed by atoms with Crippen molar-refractivity contribution < 1.29 is 24.5 Å². The number of carboxylic acids is 1. The minimum absolute atomic E-state index is 0.135. The van der Waals surface area contributed by atoms with E-state index in [0.29, 0.717) is 13.2 Å². The average Bonchev–Trinajstić information content (AvgIpc) is 2.83. The molecule has 0 spiro atoms. The molecule has 1 aromatic heterocycles. The summed E-state index contributed by atoms with van der Waals surface area (Å²) in [5.41, 5.74) is -0.224. The number of aliphatic hydroxyl groups is 1. The molecule has 106 valence electrons. The molecule has 0 aliphatic carbocycles. The molecule has 0 unspecified atom stereocenters. The molecule has 1 aromatic rings. The minimum Gasteiger partial charge on any atom is -0.476 e. The second kappa shape index (κ2) is 7.44. The van der Waals surface area contributed by atoms with E-state index < -0.39 is 5.97 Å². The highest BCUT2D eigenvalue weighted by Crippen LogP contribution is 1.97. The van der Waals surface area contributed by atoms with E-state index >= 15 is 0 Å². The van der Waals surface area contributed by atoms with Crippen molar-refractivity contribution in [2.24, 2.45) is 0 Å². The Balaban J connectivity index is 2.61. The number of carboxylic acid groups (broad SMARTS) is 1. The molecule has 19 heavy (non-hydrogen) atoms. The van der Waals surface area contributed by atoms with Crippen LogP contribution in [0, 0.1) is 0 Å². The highest BCUT2D eigenvalue weighted by atomic mass is 16.5. The first-order valence-corrected chi connectivity index (χ1v) is 5.59. The van der Waals surface area contributed by atoms with Gasteiger partial charge in [-0.2, -0.15) is 0 Å². The van der Waals surface area contributed by atoms with E-state index in [0.717, 1.165) is 4.68 Å². The Morgan fingerprint density at radius 3 is 2.74 bits per heavy atom. The van der Waals surface area contributed by atoms with Crippen LogP contribution in [0.25, 0.3) is 0 Å². The number of rotatable bonds is 8. The lowest BCUT2D eigenvalue weighted by Gasteiger charge is -2.21. The molecule has 0 saturated heterocycles.